The number of halogens is 1. The van der Waals surface area contributed by atoms with Gasteiger partial charge in [-0.3, -0.25) is 4.79 Å². The Kier molecular flexibility index (Phi) is 5.48. The highest BCUT2D eigenvalue weighted by atomic mass is 35.5. The number of rotatable bonds is 4. The van der Waals surface area contributed by atoms with Crippen molar-refractivity contribution in [3.05, 3.63) is 29.3 Å². The number of carbonyl (C=O) groups excluding carboxylic acids is 1. The van der Waals surface area contributed by atoms with Gasteiger partial charge in [-0.25, -0.2) is 0 Å². The summed E-state index contributed by atoms with van der Waals surface area (Å²) in [5.41, 5.74) is 7.20. The molecule has 4 nitrogen and oxygen atoms in total. The van der Waals surface area contributed by atoms with Crippen molar-refractivity contribution in [3.63, 3.8) is 0 Å². The SMILES string of the molecule is CC[C@H](C)[C@H](N)C(=O)N1CCN(c2ccc(Cl)cc2)CC1. The van der Waals surface area contributed by atoms with E-state index in [-0.39, 0.29) is 17.9 Å². The number of hydrogen-bond acceptors (Lipinski definition) is 3. The van der Waals surface area contributed by atoms with Gasteiger partial charge in [0.1, 0.15) is 0 Å². The van der Waals surface area contributed by atoms with E-state index in [1.54, 1.807) is 0 Å². The van der Waals surface area contributed by atoms with Crippen molar-refractivity contribution in [3.8, 4) is 0 Å². The fourth-order valence-electron chi connectivity index (χ4n) is 2.55. The van der Waals surface area contributed by atoms with Crippen LogP contribution < -0.4 is 10.6 Å². The third-order valence-electron chi connectivity index (χ3n) is 4.33. The molecular formula is C16H24ClN3O. The molecule has 116 valence electrons. The molecule has 0 aliphatic carbocycles. The van der Waals surface area contributed by atoms with Crippen LogP contribution in [0.5, 0.6) is 0 Å². The van der Waals surface area contributed by atoms with Gasteiger partial charge in [0, 0.05) is 36.9 Å². The highest BCUT2D eigenvalue weighted by Crippen LogP contribution is 2.20. The van der Waals surface area contributed by atoms with Gasteiger partial charge in [-0.15, -0.1) is 0 Å². The Bertz CT molecular complexity index is 469. The second-order valence-electron chi connectivity index (χ2n) is 5.70. The van der Waals surface area contributed by atoms with E-state index in [0.29, 0.717) is 0 Å². The Morgan fingerprint density at radius 1 is 1.24 bits per heavy atom. The third-order valence-corrected chi connectivity index (χ3v) is 4.58. The quantitative estimate of drug-likeness (QED) is 0.929. The molecule has 0 aromatic heterocycles. The summed E-state index contributed by atoms with van der Waals surface area (Å²) < 4.78 is 0. The van der Waals surface area contributed by atoms with Crippen LogP contribution in [0, 0.1) is 5.92 Å². The summed E-state index contributed by atoms with van der Waals surface area (Å²) in [6.07, 6.45) is 0.928. The van der Waals surface area contributed by atoms with Crippen molar-refractivity contribution >= 4 is 23.2 Å². The lowest BCUT2D eigenvalue weighted by atomic mass is 9.98. The topological polar surface area (TPSA) is 49.6 Å². The van der Waals surface area contributed by atoms with Gasteiger partial charge in [-0.1, -0.05) is 31.9 Å². The van der Waals surface area contributed by atoms with E-state index >= 15 is 0 Å². The number of amides is 1. The zero-order chi connectivity index (χ0) is 15.4. The average Bonchev–Trinajstić information content (AvgIpc) is 2.53. The second-order valence-corrected chi connectivity index (χ2v) is 6.14. The Balaban J connectivity index is 1.91. The minimum Gasteiger partial charge on any atom is -0.368 e. The normalized spacial score (nSPS) is 18.5. The molecule has 0 spiro atoms. The van der Waals surface area contributed by atoms with Crippen LogP contribution in [0.25, 0.3) is 0 Å². The molecule has 1 aromatic carbocycles. The maximum Gasteiger partial charge on any atom is 0.239 e. The lowest BCUT2D eigenvalue weighted by Crippen LogP contribution is -2.54. The predicted molar refractivity (Wildman–Crippen MR) is 87.7 cm³/mol. The molecule has 1 saturated heterocycles. The molecule has 0 radical (unpaired) electrons. The maximum absolute atomic E-state index is 12.4. The smallest absolute Gasteiger partial charge is 0.239 e. The summed E-state index contributed by atoms with van der Waals surface area (Å²) in [5.74, 6) is 0.312. The molecular weight excluding hydrogens is 286 g/mol. The molecule has 0 bridgehead atoms. The van der Waals surface area contributed by atoms with E-state index in [0.717, 1.165) is 43.3 Å². The summed E-state index contributed by atoms with van der Waals surface area (Å²) in [6.45, 7) is 7.22. The van der Waals surface area contributed by atoms with Crippen LogP contribution in [0.1, 0.15) is 20.3 Å². The number of nitrogens with two attached hydrogens (primary N) is 1. The Hall–Kier alpha value is -1.26. The minimum atomic E-state index is -0.378. The lowest BCUT2D eigenvalue weighted by molar-refractivity contribution is -0.134. The van der Waals surface area contributed by atoms with Crippen molar-refractivity contribution in [2.75, 3.05) is 31.1 Å². The molecule has 1 aromatic rings. The molecule has 1 amide bonds. The Morgan fingerprint density at radius 3 is 2.33 bits per heavy atom. The van der Waals surface area contributed by atoms with Crippen molar-refractivity contribution in [2.45, 2.75) is 26.3 Å². The second kappa shape index (κ2) is 7.14. The largest absolute Gasteiger partial charge is 0.368 e. The molecule has 21 heavy (non-hydrogen) atoms. The summed E-state index contributed by atoms with van der Waals surface area (Å²) in [7, 11) is 0. The first-order valence-corrected chi connectivity index (χ1v) is 7.95. The maximum atomic E-state index is 12.4. The molecule has 1 fully saturated rings. The molecule has 1 aliphatic rings. The fraction of sp³-hybridized carbons (Fsp3) is 0.562. The molecule has 0 saturated carbocycles. The summed E-state index contributed by atoms with van der Waals surface area (Å²) in [6, 6.07) is 7.45. The van der Waals surface area contributed by atoms with Gasteiger partial charge >= 0.3 is 0 Å². The molecule has 1 heterocycles. The number of anilines is 1. The van der Waals surface area contributed by atoms with E-state index in [4.69, 9.17) is 17.3 Å². The summed E-state index contributed by atoms with van der Waals surface area (Å²) in [5, 5.41) is 0.743. The first-order valence-electron chi connectivity index (χ1n) is 7.57. The van der Waals surface area contributed by atoms with Crippen LogP contribution in [-0.2, 0) is 4.79 Å². The first kappa shape index (κ1) is 16.1. The fourth-order valence-corrected chi connectivity index (χ4v) is 2.67. The Morgan fingerprint density at radius 2 is 1.81 bits per heavy atom. The van der Waals surface area contributed by atoms with E-state index in [1.807, 2.05) is 36.1 Å². The van der Waals surface area contributed by atoms with Gasteiger partial charge in [-0.05, 0) is 30.2 Å². The zero-order valence-corrected chi connectivity index (χ0v) is 13.5. The molecule has 2 rings (SSSR count). The van der Waals surface area contributed by atoms with Gasteiger partial charge in [0.15, 0.2) is 0 Å². The van der Waals surface area contributed by atoms with Crippen LogP contribution in [-0.4, -0.2) is 43.0 Å². The standard InChI is InChI=1S/C16H24ClN3O/c1-3-12(2)15(18)16(21)20-10-8-19(9-11-20)14-6-4-13(17)5-7-14/h4-7,12,15H,3,8-11,18H2,1-2H3/t12-,15-/m0/s1. The van der Waals surface area contributed by atoms with Gasteiger partial charge in [0.2, 0.25) is 5.91 Å². The van der Waals surface area contributed by atoms with E-state index in [1.165, 1.54) is 0 Å². The molecule has 0 unspecified atom stereocenters. The minimum absolute atomic E-state index is 0.0834. The monoisotopic (exact) mass is 309 g/mol. The number of hydrogen-bond donors (Lipinski definition) is 1. The van der Waals surface area contributed by atoms with Crippen LogP contribution in [0.4, 0.5) is 5.69 Å². The van der Waals surface area contributed by atoms with Crippen LogP contribution in [0.3, 0.4) is 0 Å². The number of nitrogens with zero attached hydrogens (tertiary/aromatic N) is 2. The first-order chi connectivity index (χ1) is 10.0. The Labute approximate surface area is 131 Å². The number of benzene rings is 1. The highest BCUT2D eigenvalue weighted by molar-refractivity contribution is 6.30. The van der Waals surface area contributed by atoms with Crippen LogP contribution in [0.15, 0.2) is 24.3 Å². The van der Waals surface area contributed by atoms with E-state index in [2.05, 4.69) is 11.8 Å². The molecule has 1 aliphatic heterocycles. The van der Waals surface area contributed by atoms with Gasteiger partial charge in [-0.2, -0.15) is 0 Å². The predicted octanol–water partition coefficient (Wildman–Crippen LogP) is 2.36. The summed E-state index contributed by atoms with van der Waals surface area (Å²) >= 11 is 5.91. The van der Waals surface area contributed by atoms with E-state index in [9.17, 15) is 4.79 Å². The molecule has 2 N–H and O–H groups in total. The van der Waals surface area contributed by atoms with Crippen molar-refractivity contribution in [2.24, 2.45) is 11.7 Å². The van der Waals surface area contributed by atoms with Crippen LogP contribution in [0.2, 0.25) is 5.02 Å². The van der Waals surface area contributed by atoms with E-state index < -0.39 is 0 Å². The highest BCUT2D eigenvalue weighted by Gasteiger charge is 2.27. The van der Waals surface area contributed by atoms with Gasteiger partial charge < -0.3 is 15.5 Å². The number of piperazine rings is 1. The summed E-state index contributed by atoms with van der Waals surface area (Å²) in [4.78, 5) is 16.5. The van der Waals surface area contributed by atoms with Crippen molar-refractivity contribution in [1.29, 1.82) is 0 Å². The van der Waals surface area contributed by atoms with Crippen molar-refractivity contribution in [1.82, 2.24) is 4.90 Å². The van der Waals surface area contributed by atoms with Crippen LogP contribution >= 0.6 is 11.6 Å². The average molecular weight is 310 g/mol. The van der Waals surface area contributed by atoms with Crippen molar-refractivity contribution < 1.29 is 4.79 Å². The third kappa shape index (κ3) is 3.89. The zero-order valence-electron chi connectivity index (χ0n) is 12.8. The van der Waals surface area contributed by atoms with Gasteiger partial charge in [0.25, 0.3) is 0 Å². The molecule has 5 heteroatoms. The number of carbonyl (C=O) groups is 1. The molecule has 2 atom stereocenters. The van der Waals surface area contributed by atoms with Gasteiger partial charge in [0.05, 0.1) is 6.04 Å². The lowest BCUT2D eigenvalue weighted by Gasteiger charge is -2.37.